The lowest BCUT2D eigenvalue weighted by Gasteiger charge is -2.12. The highest BCUT2D eigenvalue weighted by Gasteiger charge is 2.12. The molecular formula is C19H24N2O4. The number of nitrogens with one attached hydrogen (secondary N) is 2. The standard InChI is InChI=1S/C19H24N2O4/c1-4-13(2)21-18(22)15-7-5-6-14(10-15)11-20-19(23)17-9-8-16(25-17)12-24-3/h5-10,13H,4,11-12H2,1-3H3,(H,20,23)(H,21,22). The van der Waals surface area contributed by atoms with Crippen molar-refractivity contribution in [2.24, 2.45) is 0 Å². The Kier molecular flexibility index (Phi) is 6.77. The second kappa shape index (κ2) is 9.03. The van der Waals surface area contributed by atoms with Crippen molar-refractivity contribution in [3.63, 3.8) is 0 Å². The van der Waals surface area contributed by atoms with Gasteiger partial charge >= 0.3 is 0 Å². The van der Waals surface area contributed by atoms with Gasteiger partial charge in [0, 0.05) is 25.3 Å². The first kappa shape index (κ1) is 18.7. The van der Waals surface area contributed by atoms with E-state index in [4.69, 9.17) is 9.15 Å². The first-order chi connectivity index (χ1) is 12.0. The average Bonchev–Trinajstić information content (AvgIpc) is 3.09. The van der Waals surface area contributed by atoms with E-state index in [1.54, 1.807) is 37.4 Å². The largest absolute Gasteiger partial charge is 0.453 e. The van der Waals surface area contributed by atoms with Crippen LogP contribution in [0.2, 0.25) is 0 Å². The molecule has 2 rings (SSSR count). The highest BCUT2D eigenvalue weighted by atomic mass is 16.5. The van der Waals surface area contributed by atoms with Crippen molar-refractivity contribution in [3.05, 3.63) is 59.0 Å². The fourth-order valence-corrected chi connectivity index (χ4v) is 2.22. The van der Waals surface area contributed by atoms with Crippen LogP contribution in [0.1, 0.15) is 52.5 Å². The third-order valence-corrected chi connectivity index (χ3v) is 3.80. The fraction of sp³-hybridized carbons (Fsp3) is 0.368. The molecule has 1 aromatic carbocycles. The molecule has 0 spiro atoms. The lowest BCUT2D eigenvalue weighted by molar-refractivity contribution is 0.0913. The van der Waals surface area contributed by atoms with E-state index in [0.29, 0.717) is 24.5 Å². The van der Waals surface area contributed by atoms with E-state index in [9.17, 15) is 9.59 Å². The van der Waals surface area contributed by atoms with Gasteiger partial charge in [-0.2, -0.15) is 0 Å². The van der Waals surface area contributed by atoms with Crippen LogP contribution in [0, 0.1) is 0 Å². The molecule has 1 unspecified atom stereocenters. The molecule has 2 aromatic rings. The molecule has 25 heavy (non-hydrogen) atoms. The summed E-state index contributed by atoms with van der Waals surface area (Å²) < 4.78 is 10.3. The van der Waals surface area contributed by atoms with Crippen molar-refractivity contribution in [1.29, 1.82) is 0 Å². The fourth-order valence-electron chi connectivity index (χ4n) is 2.22. The van der Waals surface area contributed by atoms with Crippen LogP contribution >= 0.6 is 0 Å². The number of methoxy groups -OCH3 is 1. The molecule has 1 atom stereocenters. The van der Waals surface area contributed by atoms with Gasteiger partial charge in [0.1, 0.15) is 12.4 Å². The zero-order chi connectivity index (χ0) is 18.2. The first-order valence-corrected chi connectivity index (χ1v) is 8.29. The zero-order valence-electron chi connectivity index (χ0n) is 14.8. The van der Waals surface area contributed by atoms with Gasteiger partial charge in [-0.25, -0.2) is 0 Å². The summed E-state index contributed by atoms with van der Waals surface area (Å²) >= 11 is 0. The maximum Gasteiger partial charge on any atom is 0.287 e. The summed E-state index contributed by atoms with van der Waals surface area (Å²) in [6, 6.07) is 10.6. The molecule has 1 aromatic heterocycles. The molecular weight excluding hydrogens is 320 g/mol. The number of rotatable bonds is 8. The lowest BCUT2D eigenvalue weighted by atomic mass is 10.1. The number of amides is 2. The van der Waals surface area contributed by atoms with Crippen LogP contribution in [0.3, 0.4) is 0 Å². The van der Waals surface area contributed by atoms with Crippen molar-refractivity contribution < 1.29 is 18.7 Å². The topological polar surface area (TPSA) is 80.6 Å². The van der Waals surface area contributed by atoms with E-state index < -0.39 is 0 Å². The summed E-state index contributed by atoms with van der Waals surface area (Å²) in [6.45, 7) is 4.61. The van der Waals surface area contributed by atoms with Crippen molar-refractivity contribution in [2.45, 2.75) is 39.5 Å². The van der Waals surface area contributed by atoms with E-state index in [-0.39, 0.29) is 23.6 Å². The lowest BCUT2D eigenvalue weighted by Crippen LogP contribution is -2.32. The SMILES string of the molecule is CCC(C)NC(=O)c1cccc(CNC(=O)c2ccc(COC)o2)c1. The Bertz CT molecular complexity index is 724. The maximum atomic E-state index is 12.2. The van der Waals surface area contributed by atoms with Crippen LogP contribution in [0.5, 0.6) is 0 Å². The number of carbonyl (C=O) groups is 2. The van der Waals surface area contributed by atoms with Gasteiger partial charge in [0.15, 0.2) is 5.76 Å². The van der Waals surface area contributed by atoms with Crippen LogP contribution in [-0.4, -0.2) is 25.0 Å². The number of ether oxygens (including phenoxy) is 1. The summed E-state index contributed by atoms with van der Waals surface area (Å²) in [7, 11) is 1.56. The number of hydrogen-bond acceptors (Lipinski definition) is 4. The Balaban J connectivity index is 1.95. The quantitative estimate of drug-likeness (QED) is 0.771. The average molecular weight is 344 g/mol. The van der Waals surface area contributed by atoms with Gasteiger partial charge in [0.2, 0.25) is 0 Å². The van der Waals surface area contributed by atoms with Crippen molar-refractivity contribution in [1.82, 2.24) is 10.6 Å². The Hall–Kier alpha value is -2.60. The van der Waals surface area contributed by atoms with Gasteiger partial charge in [-0.3, -0.25) is 9.59 Å². The Labute approximate surface area is 147 Å². The first-order valence-electron chi connectivity index (χ1n) is 8.29. The van der Waals surface area contributed by atoms with E-state index >= 15 is 0 Å². The van der Waals surface area contributed by atoms with Crippen LogP contribution < -0.4 is 10.6 Å². The molecule has 0 saturated heterocycles. The predicted molar refractivity (Wildman–Crippen MR) is 94.3 cm³/mol. The number of carbonyl (C=O) groups excluding carboxylic acids is 2. The van der Waals surface area contributed by atoms with Gasteiger partial charge in [0.05, 0.1) is 0 Å². The third-order valence-electron chi connectivity index (χ3n) is 3.80. The van der Waals surface area contributed by atoms with E-state index in [0.717, 1.165) is 12.0 Å². The highest BCUT2D eigenvalue weighted by molar-refractivity contribution is 5.94. The number of benzene rings is 1. The van der Waals surface area contributed by atoms with Crippen LogP contribution in [0.4, 0.5) is 0 Å². The third kappa shape index (κ3) is 5.46. The minimum atomic E-state index is -0.309. The summed E-state index contributed by atoms with van der Waals surface area (Å²) in [5.74, 6) is 0.406. The van der Waals surface area contributed by atoms with Crippen molar-refractivity contribution >= 4 is 11.8 Å². The van der Waals surface area contributed by atoms with Gasteiger partial charge < -0.3 is 19.8 Å². The molecule has 1 heterocycles. The molecule has 134 valence electrons. The Morgan fingerprint density at radius 1 is 1.20 bits per heavy atom. The Morgan fingerprint density at radius 3 is 2.72 bits per heavy atom. The molecule has 0 aliphatic heterocycles. The molecule has 6 nitrogen and oxygen atoms in total. The molecule has 0 fully saturated rings. The summed E-state index contributed by atoms with van der Waals surface area (Å²) in [5, 5.41) is 5.71. The molecule has 2 N–H and O–H groups in total. The van der Waals surface area contributed by atoms with Crippen LogP contribution in [-0.2, 0) is 17.9 Å². The normalized spacial score (nSPS) is 11.8. The molecule has 0 radical (unpaired) electrons. The van der Waals surface area contributed by atoms with Gasteiger partial charge in [-0.15, -0.1) is 0 Å². The number of hydrogen-bond donors (Lipinski definition) is 2. The second-order valence-corrected chi connectivity index (χ2v) is 5.86. The van der Waals surface area contributed by atoms with E-state index in [1.165, 1.54) is 0 Å². The van der Waals surface area contributed by atoms with Gasteiger partial charge in [0.25, 0.3) is 11.8 Å². The zero-order valence-corrected chi connectivity index (χ0v) is 14.8. The monoisotopic (exact) mass is 344 g/mol. The molecule has 0 bridgehead atoms. The van der Waals surface area contributed by atoms with Crippen molar-refractivity contribution in [2.75, 3.05) is 7.11 Å². The molecule has 0 aliphatic carbocycles. The van der Waals surface area contributed by atoms with E-state index in [1.807, 2.05) is 19.9 Å². The van der Waals surface area contributed by atoms with E-state index in [2.05, 4.69) is 10.6 Å². The molecule has 0 saturated carbocycles. The van der Waals surface area contributed by atoms with Crippen LogP contribution in [0.25, 0.3) is 0 Å². The molecule has 6 heteroatoms. The molecule has 2 amide bonds. The Morgan fingerprint density at radius 2 is 2.00 bits per heavy atom. The summed E-state index contributed by atoms with van der Waals surface area (Å²) in [5.41, 5.74) is 1.42. The smallest absolute Gasteiger partial charge is 0.287 e. The predicted octanol–water partition coefficient (Wildman–Crippen LogP) is 2.88. The maximum absolute atomic E-state index is 12.2. The second-order valence-electron chi connectivity index (χ2n) is 5.86. The van der Waals surface area contributed by atoms with Crippen LogP contribution in [0.15, 0.2) is 40.8 Å². The minimum absolute atomic E-state index is 0.113. The van der Waals surface area contributed by atoms with Gasteiger partial charge in [-0.1, -0.05) is 19.1 Å². The molecule has 0 aliphatic rings. The number of furan rings is 1. The summed E-state index contributed by atoms with van der Waals surface area (Å²) in [6.07, 6.45) is 0.871. The minimum Gasteiger partial charge on any atom is -0.453 e. The highest BCUT2D eigenvalue weighted by Crippen LogP contribution is 2.10. The summed E-state index contributed by atoms with van der Waals surface area (Å²) in [4.78, 5) is 24.3. The van der Waals surface area contributed by atoms with Crippen molar-refractivity contribution in [3.8, 4) is 0 Å². The van der Waals surface area contributed by atoms with Gasteiger partial charge in [-0.05, 0) is 43.2 Å².